The van der Waals surface area contributed by atoms with E-state index in [-0.39, 0.29) is 11.4 Å². The molecule has 1 atom stereocenters. The minimum Gasteiger partial charge on any atom is -0.478 e. The second-order valence-electron chi connectivity index (χ2n) is 8.28. The summed E-state index contributed by atoms with van der Waals surface area (Å²) in [4.78, 5) is 15.3. The van der Waals surface area contributed by atoms with Gasteiger partial charge in [0.2, 0.25) is 0 Å². The van der Waals surface area contributed by atoms with Crippen molar-refractivity contribution in [2.24, 2.45) is 5.16 Å². The second-order valence-corrected chi connectivity index (χ2v) is 8.71. The maximum atomic E-state index is 15.0. The summed E-state index contributed by atoms with van der Waals surface area (Å²) in [6, 6.07) is 18.9. The summed E-state index contributed by atoms with van der Waals surface area (Å²) in [5, 5.41) is 22.6. The fraction of sp³-hybridized carbons (Fsp3) is 0.107. The summed E-state index contributed by atoms with van der Waals surface area (Å²) in [6.45, 7) is 1.82. The third-order valence-corrected chi connectivity index (χ3v) is 6.17. The predicted octanol–water partition coefficient (Wildman–Crippen LogP) is 7.09. The predicted molar refractivity (Wildman–Crippen MR) is 134 cm³/mol. The van der Waals surface area contributed by atoms with Crippen LogP contribution in [-0.2, 0) is 0 Å². The Labute approximate surface area is 211 Å². The number of aromatic carboxylic acids is 1. The van der Waals surface area contributed by atoms with Gasteiger partial charge in [-0.05, 0) is 65.6 Å². The molecule has 0 bridgehead atoms. The monoisotopic (exact) mass is 506 g/mol. The molecule has 4 aromatic rings. The highest BCUT2D eigenvalue weighted by atomic mass is 35.5. The molecule has 0 fully saturated rings. The van der Waals surface area contributed by atoms with Crippen LogP contribution in [0.2, 0.25) is 5.02 Å². The lowest BCUT2D eigenvalue weighted by atomic mass is 9.84. The molecule has 0 saturated heterocycles. The molecule has 0 aliphatic rings. The van der Waals surface area contributed by atoms with Crippen LogP contribution in [0.5, 0.6) is 0 Å². The number of hydrogen-bond acceptors (Lipinski definition) is 4. The van der Waals surface area contributed by atoms with Crippen molar-refractivity contribution in [3.05, 3.63) is 124 Å². The van der Waals surface area contributed by atoms with Gasteiger partial charge in [0.25, 0.3) is 0 Å². The molecule has 0 aliphatic heterocycles. The molecular weight excluding hydrogens is 486 g/mol. The van der Waals surface area contributed by atoms with Crippen LogP contribution in [0, 0.1) is 18.6 Å². The average molecular weight is 507 g/mol. The molecular formula is C28H21ClF2N2O3. The minimum atomic E-state index is -1.34. The van der Waals surface area contributed by atoms with E-state index in [0.717, 1.165) is 17.3 Å². The van der Waals surface area contributed by atoms with Crippen molar-refractivity contribution in [3.63, 3.8) is 0 Å². The van der Waals surface area contributed by atoms with E-state index in [0.29, 0.717) is 28.0 Å². The highest BCUT2D eigenvalue weighted by Crippen LogP contribution is 2.34. The number of carboxylic acid groups (broad SMARTS) is 1. The quantitative estimate of drug-likeness (QED) is 0.159. The molecule has 0 aliphatic carbocycles. The van der Waals surface area contributed by atoms with Crippen LogP contribution in [0.4, 0.5) is 8.78 Å². The van der Waals surface area contributed by atoms with E-state index in [1.54, 1.807) is 54.7 Å². The molecule has 3 aromatic carbocycles. The summed E-state index contributed by atoms with van der Waals surface area (Å²) >= 11 is 5.97. The van der Waals surface area contributed by atoms with Gasteiger partial charge in [-0.1, -0.05) is 53.2 Å². The standard InChI is InChI=1S/C28H21ClF2N2O3/c1-16-12-20(10-11-32-16)27(33-36)15-24(22-9-7-21(29)14-26(22)31)18-4-2-17(3-5-18)19-6-8-23(28(34)35)25(30)13-19/h2-14,24,36H,15H2,1H3,(H,34,35)/b33-27+/t24-/m0/s1. The first-order valence-electron chi connectivity index (χ1n) is 11.0. The Hall–Kier alpha value is -4.10. The Morgan fingerprint density at radius 3 is 2.31 bits per heavy atom. The molecule has 1 heterocycles. The molecule has 0 saturated carbocycles. The Morgan fingerprint density at radius 2 is 1.69 bits per heavy atom. The van der Waals surface area contributed by atoms with Gasteiger partial charge in [0.1, 0.15) is 11.6 Å². The van der Waals surface area contributed by atoms with E-state index in [1.165, 1.54) is 18.2 Å². The van der Waals surface area contributed by atoms with Gasteiger partial charge in [-0.2, -0.15) is 0 Å². The second kappa shape index (κ2) is 10.7. The molecule has 8 heteroatoms. The summed E-state index contributed by atoms with van der Waals surface area (Å²) in [6.07, 6.45) is 1.79. The van der Waals surface area contributed by atoms with Crippen LogP contribution in [-0.4, -0.2) is 27.0 Å². The van der Waals surface area contributed by atoms with Gasteiger partial charge in [-0.25, -0.2) is 13.6 Å². The summed E-state index contributed by atoms with van der Waals surface area (Å²) in [5.74, 6) is -3.19. The van der Waals surface area contributed by atoms with Gasteiger partial charge in [0.05, 0.1) is 11.3 Å². The SMILES string of the molecule is Cc1cc(/C(C[C@@H](c2ccc(-c3ccc(C(=O)O)c(F)c3)cc2)c2ccc(Cl)cc2F)=N/O)ccn1. The van der Waals surface area contributed by atoms with Crippen molar-refractivity contribution in [3.8, 4) is 11.1 Å². The van der Waals surface area contributed by atoms with E-state index < -0.39 is 29.1 Å². The molecule has 0 radical (unpaired) electrons. The van der Waals surface area contributed by atoms with E-state index in [9.17, 15) is 14.4 Å². The Bertz CT molecular complexity index is 1460. The van der Waals surface area contributed by atoms with Gasteiger partial charge in [-0.15, -0.1) is 0 Å². The summed E-state index contributed by atoms with van der Waals surface area (Å²) < 4.78 is 29.2. The van der Waals surface area contributed by atoms with E-state index in [4.69, 9.17) is 16.7 Å². The Kier molecular flexibility index (Phi) is 7.41. The first-order valence-corrected chi connectivity index (χ1v) is 11.4. The van der Waals surface area contributed by atoms with Gasteiger partial charge in [0.15, 0.2) is 0 Å². The number of aromatic nitrogens is 1. The zero-order valence-electron chi connectivity index (χ0n) is 19.1. The first-order chi connectivity index (χ1) is 17.3. The zero-order valence-corrected chi connectivity index (χ0v) is 19.9. The number of aryl methyl sites for hydroxylation is 1. The number of pyridine rings is 1. The number of carboxylic acids is 1. The minimum absolute atomic E-state index is 0.180. The average Bonchev–Trinajstić information content (AvgIpc) is 2.85. The Balaban J connectivity index is 1.73. The first kappa shape index (κ1) is 25.0. The van der Waals surface area contributed by atoms with Gasteiger partial charge < -0.3 is 10.3 Å². The van der Waals surface area contributed by atoms with Gasteiger partial charge in [0, 0.05) is 34.8 Å². The highest BCUT2D eigenvalue weighted by molar-refractivity contribution is 6.30. The number of carbonyl (C=O) groups is 1. The van der Waals surface area contributed by atoms with Crippen molar-refractivity contribution < 1.29 is 23.9 Å². The van der Waals surface area contributed by atoms with Crippen molar-refractivity contribution >= 4 is 23.3 Å². The molecule has 0 spiro atoms. The fourth-order valence-electron chi connectivity index (χ4n) is 4.10. The normalized spacial score (nSPS) is 12.4. The van der Waals surface area contributed by atoms with Gasteiger partial charge >= 0.3 is 5.97 Å². The Morgan fingerprint density at radius 1 is 0.972 bits per heavy atom. The van der Waals surface area contributed by atoms with Crippen LogP contribution in [0.1, 0.15) is 45.1 Å². The molecule has 0 unspecified atom stereocenters. The summed E-state index contributed by atoms with van der Waals surface area (Å²) in [5.41, 5.74) is 3.62. The molecule has 36 heavy (non-hydrogen) atoms. The fourth-order valence-corrected chi connectivity index (χ4v) is 4.26. The van der Waals surface area contributed by atoms with Crippen molar-refractivity contribution in [2.75, 3.05) is 0 Å². The number of rotatable bonds is 7. The molecule has 182 valence electrons. The van der Waals surface area contributed by atoms with Gasteiger partial charge in [-0.3, -0.25) is 4.98 Å². The number of halogens is 3. The van der Waals surface area contributed by atoms with Crippen LogP contribution in [0.25, 0.3) is 11.1 Å². The maximum Gasteiger partial charge on any atom is 0.338 e. The maximum absolute atomic E-state index is 15.0. The topological polar surface area (TPSA) is 82.8 Å². The molecule has 1 aromatic heterocycles. The smallest absolute Gasteiger partial charge is 0.338 e. The molecule has 0 amide bonds. The van der Waals surface area contributed by atoms with Crippen molar-refractivity contribution in [1.29, 1.82) is 0 Å². The number of hydrogen-bond donors (Lipinski definition) is 2. The number of nitrogens with zero attached hydrogens (tertiary/aromatic N) is 2. The third kappa shape index (κ3) is 5.42. The van der Waals surface area contributed by atoms with E-state index >= 15 is 4.39 Å². The third-order valence-electron chi connectivity index (χ3n) is 5.93. The lowest BCUT2D eigenvalue weighted by Crippen LogP contribution is -2.12. The van der Waals surface area contributed by atoms with Crippen molar-refractivity contribution in [1.82, 2.24) is 4.98 Å². The molecule has 5 nitrogen and oxygen atoms in total. The van der Waals surface area contributed by atoms with Crippen LogP contribution >= 0.6 is 11.6 Å². The highest BCUT2D eigenvalue weighted by Gasteiger charge is 2.22. The molecule has 2 N–H and O–H groups in total. The largest absolute Gasteiger partial charge is 0.478 e. The molecule has 4 rings (SSSR count). The number of oxime groups is 1. The van der Waals surface area contributed by atoms with Crippen LogP contribution in [0.3, 0.4) is 0 Å². The van der Waals surface area contributed by atoms with Crippen molar-refractivity contribution in [2.45, 2.75) is 19.3 Å². The zero-order chi connectivity index (χ0) is 25.8. The number of benzene rings is 3. The lowest BCUT2D eigenvalue weighted by Gasteiger charge is -2.20. The van der Waals surface area contributed by atoms with E-state index in [2.05, 4.69) is 10.1 Å². The lowest BCUT2D eigenvalue weighted by molar-refractivity contribution is 0.0692. The van der Waals surface area contributed by atoms with Crippen LogP contribution in [0.15, 0.2) is 84.1 Å². The van der Waals surface area contributed by atoms with Crippen LogP contribution < -0.4 is 0 Å². The summed E-state index contributed by atoms with van der Waals surface area (Å²) in [7, 11) is 0. The van der Waals surface area contributed by atoms with E-state index in [1.807, 2.05) is 6.92 Å².